The van der Waals surface area contributed by atoms with Crippen molar-refractivity contribution in [2.24, 2.45) is 11.8 Å². The summed E-state index contributed by atoms with van der Waals surface area (Å²) in [6, 6.07) is 0. The van der Waals surface area contributed by atoms with Crippen LogP contribution < -0.4 is 0 Å². The number of carbonyl (C=O) groups is 1. The zero-order valence-electron chi connectivity index (χ0n) is 11.1. The predicted molar refractivity (Wildman–Crippen MR) is 66.9 cm³/mol. The molecule has 4 nitrogen and oxygen atoms in total. The maximum Gasteiger partial charge on any atom is 0.309 e. The molecule has 2 heterocycles. The summed E-state index contributed by atoms with van der Waals surface area (Å²) in [6.07, 6.45) is 7.74. The Morgan fingerprint density at radius 1 is 1.17 bits per heavy atom. The fourth-order valence-electron chi connectivity index (χ4n) is 3.72. The van der Waals surface area contributed by atoms with Crippen molar-refractivity contribution in [3.05, 3.63) is 0 Å². The van der Waals surface area contributed by atoms with Crippen molar-refractivity contribution >= 4 is 5.97 Å². The topological polar surface area (TPSA) is 42.1 Å². The third-order valence-electron chi connectivity index (χ3n) is 4.75. The number of epoxide rings is 1. The molecule has 1 aliphatic carbocycles. The standard InChI is InChI=1S/C14H23NO3/c1-17-14(16)11-7-5-6-10(11)12-13(18-12)15-8-3-2-4-9-15/h10-13H,2-9H2,1H3/t10-,11-,12?,13?/m0/s1. The Morgan fingerprint density at radius 3 is 2.67 bits per heavy atom. The van der Waals surface area contributed by atoms with Crippen molar-refractivity contribution in [2.75, 3.05) is 20.2 Å². The Bertz CT molecular complexity index is 314. The van der Waals surface area contributed by atoms with Gasteiger partial charge in [-0.1, -0.05) is 12.8 Å². The second-order valence-corrected chi connectivity index (χ2v) is 5.81. The van der Waals surface area contributed by atoms with Gasteiger partial charge in [-0.25, -0.2) is 0 Å². The highest BCUT2D eigenvalue weighted by molar-refractivity contribution is 5.73. The lowest BCUT2D eigenvalue weighted by Gasteiger charge is -2.25. The smallest absolute Gasteiger partial charge is 0.309 e. The van der Waals surface area contributed by atoms with E-state index in [0.29, 0.717) is 12.1 Å². The molecule has 2 aliphatic heterocycles. The molecule has 4 heteroatoms. The molecule has 0 bridgehead atoms. The van der Waals surface area contributed by atoms with Crippen LogP contribution in [0.4, 0.5) is 0 Å². The number of esters is 1. The molecule has 0 N–H and O–H groups in total. The molecule has 18 heavy (non-hydrogen) atoms. The molecule has 3 rings (SSSR count). The van der Waals surface area contributed by atoms with Crippen molar-refractivity contribution in [2.45, 2.75) is 50.9 Å². The summed E-state index contributed by atoms with van der Waals surface area (Å²) in [7, 11) is 1.49. The summed E-state index contributed by atoms with van der Waals surface area (Å²) in [5.41, 5.74) is 0. The summed E-state index contributed by atoms with van der Waals surface area (Å²) < 4.78 is 10.8. The molecular weight excluding hydrogens is 230 g/mol. The quantitative estimate of drug-likeness (QED) is 0.568. The number of piperidine rings is 1. The van der Waals surface area contributed by atoms with Gasteiger partial charge in [0.2, 0.25) is 0 Å². The SMILES string of the molecule is COC(=O)[C@H]1CCC[C@@H]1C1OC1N1CCCCC1. The molecule has 102 valence electrons. The average molecular weight is 253 g/mol. The molecule has 4 atom stereocenters. The number of hydrogen-bond donors (Lipinski definition) is 0. The van der Waals surface area contributed by atoms with Crippen LogP contribution in [-0.4, -0.2) is 43.4 Å². The van der Waals surface area contributed by atoms with Crippen molar-refractivity contribution in [1.82, 2.24) is 4.90 Å². The Hall–Kier alpha value is -0.610. The summed E-state index contributed by atoms with van der Waals surface area (Å²) in [5, 5.41) is 0. The van der Waals surface area contributed by atoms with Gasteiger partial charge in [0.15, 0.2) is 0 Å². The van der Waals surface area contributed by atoms with E-state index in [1.165, 1.54) is 26.4 Å². The molecule has 0 aromatic heterocycles. The Morgan fingerprint density at radius 2 is 1.94 bits per heavy atom. The van der Waals surface area contributed by atoms with Gasteiger partial charge in [-0.3, -0.25) is 9.69 Å². The van der Waals surface area contributed by atoms with Gasteiger partial charge in [0, 0.05) is 19.0 Å². The van der Waals surface area contributed by atoms with Gasteiger partial charge in [0.25, 0.3) is 0 Å². The highest BCUT2D eigenvalue weighted by atomic mass is 16.6. The number of likely N-dealkylation sites (tertiary alicyclic amines) is 1. The monoisotopic (exact) mass is 253 g/mol. The van der Waals surface area contributed by atoms with Crippen molar-refractivity contribution in [3.8, 4) is 0 Å². The van der Waals surface area contributed by atoms with Gasteiger partial charge < -0.3 is 9.47 Å². The molecular formula is C14H23NO3. The lowest BCUT2D eigenvalue weighted by Crippen LogP contribution is -2.35. The van der Waals surface area contributed by atoms with E-state index in [1.54, 1.807) is 0 Å². The lowest BCUT2D eigenvalue weighted by atomic mass is 9.92. The van der Waals surface area contributed by atoms with E-state index in [9.17, 15) is 4.79 Å². The minimum atomic E-state index is -0.0367. The van der Waals surface area contributed by atoms with Crippen LogP contribution in [0.2, 0.25) is 0 Å². The molecule has 0 spiro atoms. The summed E-state index contributed by atoms with van der Waals surface area (Å²) in [5.74, 6) is 0.435. The second kappa shape index (κ2) is 5.17. The van der Waals surface area contributed by atoms with Gasteiger partial charge in [-0.15, -0.1) is 0 Å². The van der Waals surface area contributed by atoms with Gasteiger partial charge in [0.1, 0.15) is 12.3 Å². The van der Waals surface area contributed by atoms with Crippen molar-refractivity contribution in [3.63, 3.8) is 0 Å². The van der Waals surface area contributed by atoms with Crippen molar-refractivity contribution in [1.29, 1.82) is 0 Å². The molecule has 0 amide bonds. The minimum absolute atomic E-state index is 0.0367. The zero-order chi connectivity index (χ0) is 12.5. The van der Waals surface area contributed by atoms with E-state index in [0.717, 1.165) is 32.4 Å². The number of hydrogen-bond acceptors (Lipinski definition) is 4. The van der Waals surface area contributed by atoms with Crippen molar-refractivity contribution < 1.29 is 14.3 Å². The maximum atomic E-state index is 11.7. The van der Waals surface area contributed by atoms with Gasteiger partial charge in [-0.05, 0) is 25.7 Å². The molecule has 3 aliphatic rings. The summed E-state index contributed by atoms with van der Waals surface area (Å²) >= 11 is 0. The van der Waals surface area contributed by atoms with E-state index in [4.69, 9.17) is 9.47 Å². The highest BCUT2D eigenvalue weighted by Crippen LogP contribution is 2.45. The number of methoxy groups -OCH3 is 1. The summed E-state index contributed by atoms with van der Waals surface area (Å²) in [6.45, 7) is 2.33. The van der Waals surface area contributed by atoms with Gasteiger partial charge in [0.05, 0.1) is 13.0 Å². The molecule has 0 aromatic rings. The predicted octanol–water partition coefficient (Wildman–Crippen LogP) is 1.79. The highest BCUT2D eigenvalue weighted by Gasteiger charge is 2.53. The average Bonchev–Trinajstić information content (AvgIpc) is 3.08. The van der Waals surface area contributed by atoms with E-state index < -0.39 is 0 Å². The van der Waals surface area contributed by atoms with Crippen LogP contribution in [0.3, 0.4) is 0 Å². The largest absolute Gasteiger partial charge is 0.469 e. The first kappa shape index (κ1) is 12.4. The fraction of sp³-hybridized carbons (Fsp3) is 0.929. The molecule has 3 fully saturated rings. The third-order valence-corrected chi connectivity index (χ3v) is 4.75. The van der Waals surface area contributed by atoms with Crippen LogP contribution in [0.25, 0.3) is 0 Å². The van der Waals surface area contributed by atoms with E-state index in [1.807, 2.05) is 0 Å². The van der Waals surface area contributed by atoms with Gasteiger partial charge in [-0.2, -0.15) is 0 Å². The molecule has 2 saturated heterocycles. The normalized spacial score (nSPS) is 40.7. The first-order chi connectivity index (χ1) is 8.81. The van der Waals surface area contributed by atoms with Crippen LogP contribution in [0, 0.1) is 11.8 Å². The van der Waals surface area contributed by atoms with Crippen LogP contribution in [0.5, 0.6) is 0 Å². The van der Waals surface area contributed by atoms with Crippen LogP contribution in [0.15, 0.2) is 0 Å². The minimum Gasteiger partial charge on any atom is -0.469 e. The number of nitrogens with zero attached hydrogens (tertiary/aromatic N) is 1. The summed E-state index contributed by atoms with van der Waals surface area (Å²) in [4.78, 5) is 14.2. The van der Waals surface area contributed by atoms with E-state index >= 15 is 0 Å². The Balaban J connectivity index is 1.57. The first-order valence-corrected chi connectivity index (χ1v) is 7.28. The molecule has 0 radical (unpaired) electrons. The fourth-order valence-corrected chi connectivity index (χ4v) is 3.72. The van der Waals surface area contributed by atoms with Crippen LogP contribution in [0.1, 0.15) is 38.5 Å². The van der Waals surface area contributed by atoms with E-state index in [-0.39, 0.29) is 18.0 Å². The second-order valence-electron chi connectivity index (χ2n) is 5.81. The first-order valence-electron chi connectivity index (χ1n) is 7.28. The third kappa shape index (κ3) is 2.28. The van der Waals surface area contributed by atoms with Crippen LogP contribution >= 0.6 is 0 Å². The van der Waals surface area contributed by atoms with Gasteiger partial charge >= 0.3 is 5.97 Å². The number of carbonyl (C=O) groups excluding carboxylic acids is 1. The maximum absolute atomic E-state index is 11.7. The lowest BCUT2D eigenvalue weighted by molar-refractivity contribution is -0.146. The Labute approximate surface area is 109 Å². The number of ether oxygens (including phenoxy) is 2. The molecule has 2 unspecified atom stereocenters. The number of rotatable bonds is 3. The Kier molecular flexibility index (Phi) is 3.57. The molecule has 1 saturated carbocycles. The molecule has 0 aromatic carbocycles. The zero-order valence-corrected chi connectivity index (χ0v) is 11.1. The van der Waals surface area contributed by atoms with E-state index in [2.05, 4.69) is 4.90 Å². The van der Waals surface area contributed by atoms with Crippen LogP contribution in [-0.2, 0) is 14.3 Å².